The summed E-state index contributed by atoms with van der Waals surface area (Å²) in [6, 6.07) is 0. The van der Waals surface area contributed by atoms with Gasteiger partial charge >= 0.3 is 0 Å². The molecule has 1 fully saturated rings. The fourth-order valence-electron chi connectivity index (χ4n) is 0.988. The molecule has 0 spiro atoms. The Balaban J connectivity index is 2.29. The van der Waals surface area contributed by atoms with Crippen LogP contribution >= 0.6 is 23.2 Å². The lowest BCUT2D eigenvalue weighted by molar-refractivity contribution is 0.336. The van der Waals surface area contributed by atoms with Crippen molar-refractivity contribution in [2.45, 2.75) is 36.8 Å². The minimum Gasteiger partial charge on any atom is -0.330 e. The normalized spacial score (nSPS) is 43.3. The zero-order valence-electron chi connectivity index (χ0n) is 6.73. The number of alkyl halides is 2. The van der Waals surface area contributed by atoms with Crippen LogP contribution in [0.5, 0.6) is 0 Å². The standard InChI is InChI=1S/C8H12Cl2O/c1-3-4-5-6-8(10)7(2,9)11-8/h3-4H,5-6H2,1-2H3. The van der Waals surface area contributed by atoms with Crippen LogP contribution in [-0.4, -0.2) is 10.1 Å². The van der Waals surface area contributed by atoms with Crippen molar-refractivity contribution in [1.29, 1.82) is 0 Å². The quantitative estimate of drug-likeness (QED) is 0.382. The summed E-state index contributed by atoms with van der Waals surface area (Å²) in [6.07, 6.45) is 5.74. The molecule has 64 valence electrons. The fourth-order valence-corrected chi connectivity index (χ4v) is 1.52. The van der Waals surface area contributed by atoms with E-state index in [9.17, 15) is 0 Å². The molecule has 2 unspecified atom stereocenters. The third-order valence-electron chi connectivity index (χ3n) is 1.85. The maximum Gasteiger partial charge on any atom is 0.186 e. The number of allylic oxidation sites excluding steroid dienone is 2. The minimum absolute atomic E-state index is 0.617. The van der Waals surface area contributed by atoms with Gasteiger partial charge in [0.2, 0.25) is 0 Å². The van der Waals surface area contributed by atoms with Crippen molar-refractivity contribution < 1.29 is 4.74 Å². The lowest BCUT2D eigenvalue weighted by atomic mass is 10.2. The Morgan fingerprint density at radius 3 is 2.36 bits per heavy atom. The Bertz CT molecular complexity index is 177. The van der Waals surface area contributed by atoms with Crippen molar-refractivity contribution in [3.8, 4) is 0 Å². The van der Waals surface area contributed by atoms with Crippen LogP contribution in [0.1, 0.15) is 26.7 Å². The smallest absolute Gasteiger partial charge is 0.186 e. The van der Waals surface area contributed by atoms with Gasteiger partial charge in [0.1, 0.15) is 0 Å². The molecule has 11 heavy (non-hydrogen) atoms. The number of halogens is 2. The van der Waals surface area contributed by atoms with Crippen LogP contribution in [0.4, 0.5) is 0 Å². The molecule has 0 radical (unpaired) electrons. The highest BCUT2D eigenvalue weighted by molar-refractivity contribution is 6.36. The average molecular weight is 195 g/mol. The van der Waals surface area contributed by atoms with Crippen LogP contribution in [0.15, 0.2) is 12.2 Å². The van der Waals surface area contributed by atoms with Crippen molar-refractivity contribution in [2.24, 2.45) is 0 Å². The van der Waals surface area contributed by atoms with E-state index >= 15 is 0 Å². The van der Waals surface area contributed by atoms with Crippen molar-refractivity contribution in [3.05, 3.63) is 12.2 Å². The molecule has 0 aromatic heterocycles. The number of hydrogen-bond acceptors (Lipinski definition) is 1. The van der Waals surface area contributed by atoms with Gasteiger partial charge in [-0.1, -0.05) is 35.4 Å². The first-order valence-electron chi connectivity index (χ1n) is 3.71. The van der Waals surface area contributed by atoms with Gasteiger partial charge in [0, 0.05) is 0 Å². The number of ether oxygens (including phenoxy) is 1. The molecule has 0 amide bonds. The van der Waals surface area contributed by atoms with Crippen LogP contribution in [0.2, 0.25) is 0 Å². The van der Waals surface area contributed by atoms with Crippen LogP contribution < -0.4 is 0 Å². The molecule has 1 saturated heterocycles. The minimum atomic E-state index is -0.643. The number of epoxide rings is 1. The Morgan fingerprint density at radius 2 is 2.00 bits per heavy atom. The molecule has 2 atom stereocenters. The molecule has 1 aliphatic heterocycles. The molecule has 1 rings (SSSR count). The van der Waals surface area contributed by atoms with Gasteiger partial charge in [0.05, 0.1) is 0 Å². The van der Waals surface area contributed by atoms with Crippen LogP contribution in [0.3, 0.4) is 0 Å². The van der Waals surface area contributed by atoms with Gasteiger partial charge in [-0.2, -0.15) is 0 Å². The van der Waals surface area contributed by atoms with Crippen molar-refractivity contribution in [1.82, 2.24) is 0 Å². The van der Waals surface area contributed by atoms with E-state index in [2.05, 4.69) is 6.08 Å². The summed E-state index contributed by atoms with van der Waals surface area (Å²) in [5.74, 6) is 0. The molecule has 1 nitrogen and oxygen atoms in total. The highest BCUT2D eigenvalue weighted by Gasteiger charge is 2.64. The molecule has 1 aliphatic rings. The second kappa shape index (κ2) is 2.96. The lowest BCUT2D eigenvalue weighted by Gasteiger charge is -2.01. The second-order valence-electron chi connectivity index (χ2n) is 2.86. The van der Waals surface area contributed by atoms with Crippen molar-refractivity contribution in [2.75, 3.05) is 0 Å². The Kier molecular flexibility index (Phi) is 2.53. The van der Waals surface area contributed by atoms with E-state index in [1.807, 2.05) is 13.0 Å². The van der Waals surface area contributed by atoms with Gasteiger partial charge in [0.25, 0.3) is 0 Å². The highest BCUT2D eigenvalue weighted by atomic mass is 35.5. The predicted molar refractivity (Wildman–Crippen MR) is 48.0 cm³/mol. The SMILES string of the molecule is CC=CCCC1(Cl)OC1(C)Cl. The molecule has 0 saturated carbocycles. The number of rotatable bonds is 3. The molecule has 0 aliphatic carbocycles. The lowest BCUT2D eigenvalue weighted by Crippen LogP contribution is -2.09. The van der Waals surface area contributed by atoms with Crippen LogP contribution in [0.25, 0.3) is 0 Å². The molecule has 3 heteroatoms. The average Bonchev–Trinajstić information content (AvgIpc) is 2.33. The Hall–Kier alpha value is 0.280. The van der Waals surface area contributed by atoms with Crippen LogP contribution in [-0.2, 0) is 4.74 Å². The van der Waals surface area contributed by atoms with Gasteiger partial charge in [-0.3, -0.25) is 0 Å². The zero-order chi connectivity index (χ0) is 8.54. The maximum atomic E-state index is 5.98. The zero-order valence-corrected chi connectivity index (χ0v) is 8.24. The van der Waals surface area contributed by atoms with Crippen molar-refractivity contribution in [3.63, 3.8) is 0 Å². The van der Waals surface area contributed by atoms with E-state index in [-0.39, 0.29) is 0 Å². The van der Waals surface area contributed by atoms with E-state index in [1.54, 1.807) is 6.92 Å². The highest BCUT2D eigenvalue weighted by Crippen LogP contribution is 2.56. The summed E-state index contributed by atoms with van der Waals surface area (Å²) in [7, 11) is 0. The first-order valence-corrected chi connectivity index (χ1v) is 4.46. The molecule has 0 aromatic carbocycles. The Labute approximate surface area is 77.3 Å². The Morgan fingerprint density at radius 1 is 1.45 bits per heavy atom. The number of hydrogen-bond donors (Lipinski definition) is 0. The van der Waals surface area contributed by atoms with E-state index in [0.717, 1.165) is 12.8 Å². The fraction of sp³-hybridized carbons (Fsp3) is 0.750. The summed E-state index contributed by atoms with van der Waals surface area (Å²) in [5, 5.41) is -1.26. The summed E-state index contributed by atoms with van der Waals surface area (Å²) in [4.78, 5) is 0. The first kappa shape index (κ1) is 9.37. The van der Waals surface area contributed by atoms with Gasteiger partial charge in [0.15, 0.2) is 10.1 Å². The molecule has 1 heterocycles. The predicted octanol–water partition coefficient (Wildman–Crippen LogP) is 3.26. The summed E-state index contributed by atoms with van der Waals surface area (Å²) in [6.45, 7) is 3.77. The third kappa shape index (κ3) is 1.90. The topological polar surface area (TPSA) is 12.5 Å². The second-order valence-corrected chi connectivity index (χ2v) is 4.19. The van der Waals surface area contributed by atoms with E-state index < -0.39 is 10.1 Å². The van der Waals surface area contributed by atoms with E-state index in [0.29, 0.717) is 0 Å². The largest absolute Gasteiger partial charge is 0.330 e. The van der Waals surface area contributed by atoms with Gasteiger partial charge in [-0.15, -0.1) is 0 Å². The summed E-state index contributed by atoms with van der Waals surface area (Å²) >= 11 is 11.8. The maximum absolute atomic E-state index is 5.98. The molecular weight excluding hydrogens is 183 g/mol. The van der Waals surface area contributed by atoms with Gasteiger partial charge < -0.3 is 4.74 Å². The monoisotopic (exact) mass is 194 g/mol. The van der Waals surface area contributed by atoms with Crippen LogP contribution in [0, 0.1) is 0 Å². The molecule has 0 bridgehead atoms. The third-order valence-corrected chi connectivity index (χ3v) is 2.95. The van der Waals surface area contributed by atoms with Crippen molar-refractivity contribution >= 4 is 23.2 Å². The summed E-state index contributed by atoms with van der Waals surface area (Å²) in [5.41, 5.74) is 0. The van der Waals surface area contributed by atoms with Gasteiger partial charge in [-0.05, 0) is 26.7 Å². The van der Waals surface area contributed by atoms with Gasteiger partial charge in [-0.25, -0.2) is 0 Å². The molecule has 0 aromatic rings. The molecular formula is C8H12Cl2O. The van der Waals surface area contributed by atoms with E-state index in [1.165, 1.54) is 0 Å². The van der Waals surface area contributed by atoms with E-state index in [4.69, 9.17) is 27.9 Å². The first-order chi connectivity index (χ1) is 5.02. The molecule has 0 N–H and O–H groups in total. The summed E-state index contributed by atoms with van der Waals surface area (Å²) < 4.78 is 5.14.